The monoisotopic (exact) mass is 237 g/mol. The molecule has 0 amide bonds. The molecule has 1 aliphatic rings. The van der Waals surface area contributed by atoms with Crippen molar-refractivity contribution in [1.82, 2.24) is 4.90 Å². The molecule has 0 aromatic heterocycles. The van der Waals surface area contributed by atoms with E-state index in [1.165, 1.54) is 4.90 Å². The maximum atomic E-state index is 5.43. The molecule has 2 nitrogen and oxygen atoms in total. The van der Waals surface area contributed by atoms with Crippen LogP contribution in [-0.4, -0.2) is 43.0 Å². The molecule has 0 bridgehead atoms. The SMILES string of the molecule is CC1COCCN1CCSc1ccccc1. The Morgan fingerprint density at radius 3 is 2.94 bits per heavy atom. The highest BCUT2D eigenvalue weighted by Gasteiger charge is 2.17. The molecule has 1 atom stereocenters. The summed E-state index contributed by atoms with van der Waals surface area (Å²) >= 11 is 1.93. The molecule has 1 aliphatic heterocycles. The normalized spacial score (nSPS) is 22.2. The van der Waals surface area contributed by atoms with Crippen LogP contribution in [0.5, 0.6) is 0 Å². The minimum atomic E-state index is 0.574. The molecule has 0 aliphatic carbocycles. The smallest absolute Gasteiger partial charge is 0.0619 e. The van der Waals surface area contributed by atoms with Gasteiger partial charge in [0.1, 0.15) is 0 Å². The first-order valence-corrected chi connectivity index (χ1v) is 6.84. The summed E-state index contributed by atoms with van der Waals surface area (Å²) in [5, 5.41) is 0. The van der Waals surface area contributed by atoms with E-state index in [2.05, 4.69) is 42.2 Å². The molecule has 1 aromatic carbocycles. The Hall–Kier alpha value is -0.510. The Labute approximate surface area is 102 Å². The van der Waals surface area contributed by atoms with Gasteiger partial charge in [-0.3, -0.25) is 4.90 Å². The number of benzene rings is 1. The van der Waals surface area contributed by atoms with Gasteiger partial charge in [-0.15, -0.1) is 11.8 Å². The van der Waals surface area contributed by atoms with Gasteiger partial charge in [0.05, 0.1) is 13.2 Å². The molecule has 0 spiro atoms. The highest BCUT2D eigenvalue weighted by Crippen LogP contribution is 2.17. The number of rotatable bonds is 4. The third kappa shape index (κ3) is 3.51. The predicted molar refractivity (Wildman–Crippen MR) is 69.0 cm³/mol. The number of ether oxygens (including phenoxy) is 1. The molecule has 1 heterocycles. The van der Waals surface area contributed by atoms with E-state index in [0.29, 0.717) is 6.04 Å². The van der Waals surface area contributed by atoms with Crippen molar-refractivity contribution in [2.75, 3.05) is 32.1 Å². The topological polar surface area (TPSA) is 12.5 Å². The zero-order valence-corrected chi connectivity index (χ0v) is 10.6. The molecule has 0 saturated carbocycles. The van der Waals surface area contributed by atoms with Gasteiger partial charge in [-0.25, -0.2) is 0 Å². The summed E-state index contributed by atoms with van der Waals surface area (Å²) in [7, 11) is 0. The molecule has 1 saturated heterocycles. The Kier molecular flexibility index (Phi) is 4.69. The first kappa shape index (κ1) is 12.0. The number of hydrogen-bond donors (Lipinski definition) is 0. The quantitative estimate of drug-likeness (QED) is 0.747. The fourth-order valence-electron chi connectivity index (χ4n) is 1.89. The van der Waals surface area contributed by atoms with E-state index >= 15 is 0 Å². The van der Waals surface area contributed by atoms with Gasteiger partial charge in [0, 0.05) is 29.8 Å². The molecule has 3 heteroatoms. The van der Waals surface area contributed by atoms with Crippen LogP contribution in [-0.2, 0) is 4.74 Å². The van der Waals surface area contributed by atoms with Gasteiger partial charge >= 0.3 is 0 Å². The second kappa shape index (κ2) is 6.28. The first-order chi connectivity index (χ1) is 7.86. The summed E-state index contributed by atoms with van der Waals surface area (Å²) in [4.78, 5) is 3.88. The van der Waals surface area contributed by atoms with E-state index in [4.69, 9.17) is 4.74 Å². The van der Waals surface area contributed by atoms with Crippen LogP contribution in [0.1, 0.15) is 6.92 Å². The van der Waals surface area contributed by atoms with Crippen LogP contribution in [0.3, 0.4) is 0 Å². The van der Waals surface area contributed by atoms with E-state index in [9.17, 15) is 0 Å². The van der Waals surface area contributed by atoms with Gasteiger partial charge in [0.25, 0.3) is 0 Å². The highest BCUT2D eigenvalue weighted by atomic mass is 32.2. The van der Waals surface area contributed by atoms with Crippen molar-refractivity contribution in [2.45, 2.75) is 17.9 Å². The van der Waals surface area contributed by atoms with Crippen LogP contribution < -0.4 is 0 Å². The second-order valence-electron chi connectivity index (χ2n) is 4.12. The van der Waals surface area contributed by atoms with Crippen LogP contribution in [0, 0.1) is 0 Å². The Morgan fingerprint density at radius 1 is 1.38 bits per heavy atom. The number of morpholine rings is 1. The first-order valence-electron chi connectivity index (χ1n) is 5.86. The number of hydrogen-bond acceptors (Lipinski definition) is 3. The lowest BCUT2D eigenvalue weighted by molar-refractivity contribution is 0.00299. The minimum Gasteiger partial charge on any atom is -0.379 e. The molecular formula is C13H19NOS. The fraction of sp³-hybridized carbons (Fsp3) is 0.538. The van der Waals surface area contributed by atoms with Crippen molar-refractivity contribution in [3.8, 4) is 0 Å². The molecule has 0 N–H and O–H groups in total. The number of nitrogens with zero attached hydrogens (tertiary/aromatic N) is 1. The highest BCUT2D eigenvalue weighted by molar-refractivity contribution is 7.99. The summed E-state index contributed by atoms with van der Waals surface area (Å²) in [6.45, 7) is 6.25. The average Bonchev–Trinajstić information content (AvgIpc) is 2.33. The van der Waals surface area contributed by atoms with Gasteiger partial charge in [-0.05, 0) is 19.1 Å². The number of thioether (sulfide) groups is 1. The Morgan fingerprint density at radius 2 is 2.19 bits per heavy atom. The van der Waals surface area contributed by atoms with Crippen LogP contribution in [0.2, 0.25) is 0 Å². The maximum absolute atomic E-state index is 5.43. The maximum Gasteiger partial charge on any atom is 0.0619 e. The Balaban J connectivity index is 1.71. The van der Waals surface area contributed by atoms with Crippen molar-refractivity contribution in [2.24, 2.45) is 0 Å². The van der Waals surface area contributed by atoms with Crippen molar-refractivity contribution in [1.29, 1.82) is 0 Å². The summed E-state index contributed by atoms with van der Waals surface area (Å²) in [5.74, 6) is 1.16. The second-order valence-corrected chi connectivity index (χ2v) is 5.29. The molecule has 0 radical (unpaired) electrons. The van der Waals surface area contributed by atoms with Crippen molar-refractivity contribution >= 4 is 11.8 Å². The lowest BCUT2D eigenvalue weighted by Gasteiger charge is -2.33. The van der Waals surface area contributed by atoms with Crippen LogP contribution in [0.25, 0.3) is 0 Å². The van der Waals surface area contributed by atoms with Gasteiger partial charge in [0.15, 0.2) is 0 Å². The Bertz CT molecular complexity index is 304. The predicted octanol–water partition coefficient (Wildman–Crippen LogP) is 2.50. The molecule has 1 unspecified atom stereocenters. The van der Waals surface area contributed by atoms with Crippen LogP contribution >= 0.6 is 11.8 Å². The summed E-state index contributed by atoms with van der Waals surface area (Å²) in [6.07, 6.45) is 0. The molecule has 16 heavy (non-hydrogen) atoms. The van der Waals surface area contributed by atoms with Crippen molar-refractivity contribution in [3.63, 3.8) is 0 Å². The van der Waals surface area contributed by atoms with E-state index in [-0.39, 0.29) is 0 Å². The zero-order valence-electron chi connectivity index (χ0n) is 9.76. The fourth-order valence-corrected chi connectivity index (χ4v) is 2.80. The van der Waals surface area contributed by atoms with E-state index < -0.39 is 0 Å². The van der Waals surface area contributed by atoms with Crippen LogP contribution in [0.4, 0.5) is 0 Å². The molecular weight excluding hydrogens is 218 g/mol. The van der Waals surface area contributed by atoms with Crippen molar-refractivity contribution in [3.05, 3.63) is 30.3 Å². The summed E-state index contributed by atoms with van der Waals surface area (Å²) < 4.78 is 5.43. The largest absolute Gasteiger partial charge is 0.379 e. The van der Waals surface area contributed by atoms with Gasteiger partial charge in [-0.2, -0.15) is 0 Å². The van der Waals surface area contributed by atoms with Crippen LogP contribution in [0.15, 0.2) is 35.2 Å². The molecule has 1 aromatic rings. The lowest BCUT2D eigenvalue weighted by atomic mass is 10.2. The lowest BCUT2D eigenvalue weighted by Crippen LogP contribution is -2.44. The third-order valence-electron chi connectivity index (χ3n) is 2.90. The molecule has 1 fully saturated rings. The van der Waals surface area contributed by atoms with E-state index in [1.807, 2.05) is 11.8 Å². The standard InChI is InChI=1S/C13H19NOS/c1-12-11-15-9-7-14(12)8-10-16-13-5-3-2-4-6-13/h2-6,12H,7-11H2,1H3. The molecule has 88 valence electrons. The summed E-state index contributed by atoms with van der Waals surface area (Å²) in [5.41, 5.74) is 0. The third-order valence-corrected chi connectivity index (χ3v) is 3.89. The van der Waals surface area contributed by atoms with E-state index in [1.54, 1.807) is 0 Å². The van der Waals surface area contributed by atoms with E-state index in [0.717, 1.165) is 32.1 Å². The van der Waals surface area contributed by atoms with Crippen molar-refractivity contribution < 1.29 is 4.74 Å². The van der Waals surface area contributed by atoms with Gasteiger partial charge in [0.2, 0.25) is 0 Å². The summed E-state index contributed by atoms with van der Waals surface area (Å²) in [6, 6.07) is 11.2. The zero-order chi connectivity index (χ0) is 11.2. The minimum absolute atomic E-state index is 0.574. The average molecular weight is 237 g/mol. The van der Waals surface area contributed by atoms with Gasteiger partial charge < -0.3 is 4.74 Å². The van der Waals surface area contributed by atoms with Gasteiger partial charge in [-0.1, -0.05) is 18.2 Å². The molecule has 2 rings (SSSR count).